The van der Waals surface area contributed by atoms with Crippen LogP contribution in [0, 0.1) is 18.7 Å². The molecule has 0 radical (unpaired) electrons. The van der Waals surface area contributed by atoms with Crippen molar-refractivity contribution in [1.82, 2.24) is 0 Å². The maximum atomic E-state index is 13.8. The third kappa shape index (κ3) is 3.76. The van der Waals surface area contributed by atoms with Crippen molar-refractivity contribution < 1.29 is 9.18 Å². The van der Waals surface area contributed by atoms with Crippen LogP contribution in [0.15, 0.2) is 36.4 Å². The molecule has 5 heteroatoms. The molecule has 3 rings (SSSR count). The van der Waals surface area contributed by atoms with Gasteiger partial charge in [0.25, 0.3) is 5.91 Å². The minimum absolute atomic E-state index is 0.00983. The molecular weight excluding hydrogens is 317 g/mol. The van der Waals surface area contributed by atoms with E-state index in [4.69, 9.17) is 5.73 Å². The number of benzene rings is 2. The highest BCUT2D eigenvalue weighted by Gasteiger charge is 2.20. The number of nitrogens with zero attached hydrogens (tertiary/aromatic N) is 1. The lowest BCUT2D eigenvalue weighted by atomic mass is 9.98. The highest BCUT2D eigenvalue weighted by molar-refractivity contribution is 6.06. The van der Waals surface area contributed by atoms with Gasteiger partial charge in [-0.3, -0.25) is 4.79 Å². The second kappa shape index (κ2) is 7.13. The van der Waals surface area contributed by atoms with Gasteiger partial charge in [0.15, 0.2) is 0 Å². The minimum Gasteiger partial charge on any atom is -0.397 e. The van der Waals surface area contributed by atoms with E-state index in [2.05, 4.69) is 17.1 Å². The summed E-state index contributed by atoms with van der Waals surface area (Å²) in [6, 6.07) is 9.70. The topological polar surface area (TPSA) is 58.4 Å². The average molecular weight is 341 g/mol. The van der Waals surface area contributed by atoms with Crippen molar-refractivity contribution in [3.63, 3.8) is 0 Å². The summed E-state index contributed by atoms with van der Waals surface area (Å²) < 4.78 is 13.8. The Morgan fingerprint density at radius 2 is 2.08 bits per heavy atom. The van der Waals surface area contributed by atoms with E-state index in [0.717, 1.165) is 30.8 Å². The third-order valence-corrected chi connectivity index (χ3v) is 4.73. The fraction of sp³-hybridized carbons (Fsp3) is 0.350. The van der Waals surface area contributed by atoms with E-state index in [9.17, 15) is 9.18 Å². The number of hydrogen-bond acceptors (Lipinski definition) is 3. The lowest BCUT2D eigenvalue weighted by molar-refractivity contribution is 0.102. The molecule has 1 atom stereocenters. The number of anilines is 3. The normalized spacial score (nSPS) is 17.4. The highest BCUT2D eigenvalue weighted by atomic mass is 19.1. The molecule has 132 valence electrons. The van der Waals surface area contributed by atoms with Gasteiger partial charge in [-0.2, -0.15) is 0 Å². The molecule has 3 N–H and O–H groups in total. The Kier molecular flexibility index (Phi) is 4.93. The number of piperidine rings is 1. The molecule has 1 aliphatic rings. The van der Waals surface area contributed by atoms with E-state index < -0.39 is 11.7 Å². The smallest absolute Gasteiger partial charge is 0.258 e. The fourth-order valence-electron chi connectivity index (χ4n) is 3.41. The van der Waals surface area contributed by atoms with E-state index in [1.165, 1.54) is 18.6 Å². The highest BCUT2D eigenvalue weighted by Crippen LogP contribution is 2.32. The second-order valence-corrected chi connectivity index (χ2v) is 6.85. The average Bonchev–Trinajstić information content (AvgIpc) is 2.57. The van der Waals surface area contributed by atoms with Crippen molar-refractivity contribution in [2.45, 2.75) is 26.7 Å². The number of carbonyl (C=O) groups is 1. The lowest BCUT2D eigenvalue weighted by Gasteiger charge is -2.34. The number of nitrogens with one attached hydrogen (secondary N) is 1. The molecule has 0 aromatic heterocycles. The van der Waals surface area contributed by atoms with Crippen LogP contribution in [0.25, 0.3) is 0 Å². The van der Waals surface area contributed by atoms with Gasteiger partial charge >= 0.3 is 0 Å². The molecule has 1 heterocycles. The first kappa shape index (κ1) is 17.3. The van der Waals surface area contributed by atoms with Gasteiger partial charge in [-0.1, -0.05) is 19.1 Å². The van der Waals surface area contributed by atoms with Crippen LogP contribution in [0.3, 0.4) is 0 Å². The maximum absolute atomic E-state index is 13.8. The SMILES string of the molecule is Cc1cc(N)c(NC(=O)c2ccccc2F)cc1N1CCCC(C)C1. The monoisotopic (exact) mass is 341 g/mol. The number of carbonyl (C=O) groups excluding carboxylic acids is 1. The molecule has 1 aliphatic heterocycles. The Hall–Kier alpha value is -2.56. The largest absolute Gasteiger partial charge is 0.397 e. The Balaban J connectivity index is 1.88. The number of halogens is 1. The van der Waals surface area contributed by atoms with Gasteiger partial charge < -0.3 is 16.0 Å². The first-order chi connectivity index (χ1) is 12.0. The third-order valence-electron chi connectivity index (χ3n) is 4.73. The molecule has 1 unspecified atom stereocenters. The van der Waals surface area contributed by atoms with Crippen molar-refractivity contribution in [1.29, 1.82) is 0 Å². The lowest BCUT2D eigenvalue weighted by Crippen LogP contribution is -2.34. The van der Waals surface area contributed by atoms with Crippen molar-refractivity contribution in [2.24, 2.45) is 5.92 Å². The van der Waals surface area contributed by atoms with Crippen LogP contribution in [0.2, 0.25) is 0 Å². The molecule has 1 saturated heterocycles. The second-order valence-electron chi connectivity index (χ2n) is 6.85. The van der Waals surface area contributed by atoms with Gasteiger partial charge in [-0.25, -0.2) is 4.39 Å². The van der Waals surface area contributed by atoms with E-state index in [1.807, 2.05) is 19.1 Å². The quantitative estimate of drug-likeness (QED) is 0.823. The van der Waals surface area contributed by atoms with Gasteiger partial charge in [-0.05, 0) is 55.5 Å². The molecule has 0 aliphatic carbocycles. The van der Waals surface area contributed by atoms with Crippen LogP contribution < -0.4 is 16.0 Å². The molecule has 4 nitrogen and oxygen atoms in total. The van der Waals surface area contributed by atoms with Gasteiger partial charge in [0.2, 0.25) is 0 Å². The van der Waals surface area contributed by atoms with Crippen molar-refractivity contribution in [3.8, 4) is 0 Å². The zero-order chi connectivity index (χ0) is 18.0. The number of amides is 1. The van der Waals surface area contributed by atoms with Crippen molar-refractivity contribution >= 4 is 23.0 Å². The van der Waals surface area contributed by atoms with E-state index in [0.29, 0.717) is 17.3 Å². The predicted octanol–water partition coefficient (Wildman–Crippen LogP) is 4.20. The van der Waals surface area contributed by atoms with Gasteiger partial charge in [0.1, 0.15) is 5.82 Å². The Labute approximate surface area is 147 Å². The van der Waals surface area contributed by atoms with Crippen LogP contribution in [0.4, 0.5) is 21.5 Å². The predicted molar refractivity (Wildman–Crippen MR) is 101 cm³/mol. The Morgan fingerprint density at radius 1 is 1.32 bits per heavy atom. The summed E-state index contributed by atoms with van der Waals surface area (Å²) in [4.78, 5) is 14.7. The molecule has 2 aromatic carbocycles. The van der Waals surface area contributed by atoms with Crippen LogP contribution >= 0.6 is 0 Å². The number of aryl methyl sites for hydroxylation is 1. The Morgan fingerprint density at radius 3 is 2.80 bits per heavy atom. The summed E-state index contributed by atoms with van der Waals surface area (Å²) in [5.41, 5.74) is 9.25. The summed E-state index contributed by atoms with van der Waals surface area (Å²) in [5.74, 6) is -0.399. The summed E-state index contributed by atoms with van der Waals surface area (Å²) >= 11 is 0. The van der Waals surface area contributed by atoms with E-state index >= 15 is 0 Å². The molecular formula is C20H24FN3O. The standard InChI is InChI=1S/C20H24FN3O/c1-13-6-5-9-24(12-13)19-11-18(17(22)10-14(19)2)23-20(25)15-7-3-4-8-16(15)21/h3-4,7-8,10-11,13H,5-6,9,12,22H2,1-2H3,(H,23,25). The number of rotatable bonds is 3. The van der Waals surface area contributed by atoms with Gasteiger partial charge in [0.05, 0.1) is 16.9 Å². The van der Waals surface area contributed by atoms with Crippen molar-refractivity contribution in [3.05, 3.63) is 53.3 Å². The molecule has 25 heavy (non-hydrogen) atoms. The summed E-state index contributed by atoms with van der Waals surface area (Å²) in [7, 11) is 0. The number of nitrogens with two attached hydrogens (primary N) is 1. The molecule has 0 saturated carbocycles. The summed E-state index contributed by atoms with van der Waals surface area (Å²) in [6.07, 6.45) is 2.39. The van der Waals surface area contributed by atoms with E-state index in [1.54, 1.807) is 12.1 Å². The zero-order valence-electron chi connectivity index (χ0n) is 14.7. The summed E-state index contributed by atoms with van der Waals surface area (Å²) in [5, 5.41) is 2.75. The molecule has 1 amide bonds. The molecule has 2 aromatic rings. The summed E-state index contributed by atoms with van der Waals surface area (Å²) in [6.45, 7) is 6.26. The van der Waals surface area contributed by atoms with Crippen LogP contribution in [-0.4, -0.2) is 19.0 Å². The van der Waals surface area contributed by atoms with Gasteiger partial charge in [-0.15, -0.1) is 0 Å². The van der Waals surface area contributed by atoms with Gasteiger partial charge in [0, 0.05) is 18.8 Å². The van der Waals surface area contributed by atoms with Crippen LogP contribution in [-0.2, 0) is 0 Å². The molecule has 0 spiro atoms. The number of nitrogen functional groups attached to an aromatic ring is 1. The maximum Gasteiger partial charge on any atom is 0.258 e. The first-order valence-corrected chi connectivity index (χ1v) is 8.66. The fourth-order valence-corrected chi connectivity index (χ4v) is 3.41. The zero-order valence-corrected chi connectivity index (χ0v) is 14.7. The molecule has 0 bridgehead atoms. The first-order valence-electron chi connectivity index (χ1n) is 8.66. The number of hydrogen-bond donors (Lipinski definition) is 2. The van der Waals surface area contributed by atoms with Crippen LogP contribution in [0.1, 0.15) is 35.7 Å². The molecule has 1 fully saturated rings. The minimum atomic E-state index is -0.546. The van der Waals surface area contributed by atoms with E-state index in [-0.39, 0.29) is 5.56 Å². The Bertz CT molecular complexity index is 791. The van der Waals surface area contributed by atoms with Crippen LogP contribution in [0.5, 0.6) is 0 Å². The van der Waals surface area contributed by atoms with Crippen molar-refractivity contribution in [2.75, 3.05) is 29.0 Å².